The van der Waals surface area contributed by atoms with Crippen molar-refractivity contribution in [3.05, 3.63) is 17.8 Å². The number of aromatic nitrogens is 1. The summed E-state index contributed by atoms with van der Waals surface area (Å²) < 4.78 is 0. The number of thioether (sulfide) groups is 1. The molecule has 0 aromatic carbocycles. The van der Waals surface area contributed by atoms with E-state index >= 15 is 0 Å². The van der Waals surface area contributed by atoms with Gasteiger partial charge in [0.05, 0.1) is 10.7 Å². The minimum Gasteiger partial charge on any atom is -0.396 e. The van der Waals surface area contributed by atoms with Crippen molar-refractivity contribution in [2.24, 2.45) is 5.92 Å². The fourth-order valence-corrected chi connectivity index (χ4v) is 1.70. The van der Waals surface area contributed by atoms with Crippen LogP contribution in [0.5, 0.6) is 0 Å². The van der Waals surface area contributed by atoms with Gasteiger partial charge in [-0.2, -0.15) is 5.26 Å². The monoisotopic (exact) mass is 207 g/mol. The van der Waals surface area contributed by atoms with Crippen LogP contribution in [0.2, 0.25) is 0 Å². The van der Waals surface area contributed by atoms with Gasteiger partial charge in [-0.1, -0.05) is 13.8 Å². The van der Waals surface area contributed by atoms with Crippen molar-refractivity contribution in [1.29, 1.82) is 5.26 Å². The molecule has 0 aliphatic heterocycles. The lowest BCUT2D eigenvalue weighted by atomic mass is 10.3. The summed E-state index contributed by atoms with van der Waals surface area (Å²) in [5.41, 5.74) is 6.33. The van der Waals surface area contributed by atoms with Crippen LogP contribution in [-0.4, -0.2) is 10.7 Å². The van der Waals surface area contributed by atoms with E-state index in [9.17, 15) is 0 Å². The highest BCUT2D eigenvalue weighted by atomic mass is 32.2. The van der Waals surface area contributed by atoms with Crippen LogP contribution >= 0.6 is 11.8 Å². The number of rotatable bonds is 3. The van der Waals surface area contributed by atoms with Gasteiger partial charge in [0, 0.05) is 5.75 Å². The molecule has 0 saturated heterocycles. The van der Waals surface area contributed by atoms with Crippen LogP contribution < -0.4 is 5.73 Å². The number of nitrogens with zero attached hydrogens (tertiary/aromatic N) is 2. The Labute approximate surface area is 88.3 Å². The lowest BCUT2D eigenvalue weighted by molar-refractivity contribution is 0.749. The highest BCUT2D eigenvalue weighted by Gasteiger charge is 2.03. The second-order valence-corrected chi connectivity index (χ2v) is 4.44. The van der Waals surface area contributed by atoms with Crippen molar-refractivity contribution in [3.8, 4) is 6.07 Å². The number of nitriles is 1. The van der Waals surface area contributed by atoms with Crippen molar-refractivity contribution >= 4 is 17.4 Å². The number of nitrogen functional groups attached to an aromatic ring is 1. The van der Waals surface area contributed by atoms with Crippen LogP contribution in [0.4, 0.5) is 5.69 Å². The molecule has 0 radical (unpaired) electrons. The molecule has 0 bridgehead atoms. The molecule has 0 aliphatic rings. The summed E-state index contributed by atoms with van der Waals surface area (Å²) in [7, 11) is 0. The number of pyridine rings is 1. The first-order valence-corrected chi connectivity index (χ1v) is 5.41. The van der Waals surface area contributed by atoms with Crippen molar-refractivity contribution < 1.29 is 0 Å². The molecule has 0 atom stereocenters. The van der Waals surface area contributed by atoms with Crippen LogP contribution in [0.25, 0.3) is 0 Å². The highest BCUT2D eigenvalue weighted by molar-refractivity contribution is 7.99. The second-order valence-electron chi connectivity index (χ2n) is 3.40. The average molecular weight is 207 g/mol. The van der Waals surface area contributed by atoms with Gasteiger partial charge in [-0.05, 0) is 18.1 Å². The van der Waals surface area contributed by atoms with Crippen molar-refractivity contribution in [2.75, 3.05) is 11.5 Å². The van der Waals surface area contributed by atoms with E-state index in [0.29, 0.717) is 17.3 Å². The lowest BCUT2D eigenvalue weighted by Crippen LogP contribution is -1.96. The van der Waals surface area contributed by atoms with Gasteiger partial charge in [-0.3, -0.25) is 0 Å². The Kier molecular flexibility index (Phi) is 3.78. The topological polar surface area (TPSA) is 62.7 Å². The van der Waals surface area contributed by atoms with Gasteiger partial charge in [0.15, 0.2) is 5.69 Å². The Bertz CT molecular complexity index is 355. The summed E-state index contributed by atoms with van der Waals surface area (Å²) in [5.74, 6) is 1.62. The maximum atomic E-state index is 8.72. The minimum atomic E-state index is 0.318. The Morgan fingerprint density at radius 2 is 2.29 bits per heavy atom. The molecule has 3 nitrogen and oxygen atoms in total. The lowest BCUT2D eigenvalue weighted by Gasteiger charge is -2.04. The molecule has 1 aromatic heterocycles. The summed E-state index contributed by atoms with van der Waals surface area (Å²) in [6, 6.07) is 5.55. The minimum absolute atomic E-state index is 0.318. The zero-order valence-corrected chi connectivity index (χ0v) is 9.14. The summed E-state index contributed by atoms with van der Waals surface area (Å²) in [4.78, 5) is 4.14. The maximum absolute atomic E-state index is 8.72. The molecule has 14 heavy (non-hydrogen) atoms. The van der Waals surface area contributed by atoms with Crippen LogP contribution in [0, 0.1) is 17.2 Å². The van der Waals surface area contributed by atoms with Crippen molar-refractivity contribution in [2.45, 2.75) is 18.9 Å². The van der Waals surface area contributed by atoms with Gasteiger partial charge in [0.25, 0.3) is 0 Å². The summed E-state index contributed by atoms with van der Waals surface area (Å²) >= 11 is 1.65. The number of hydrogen-bond donors (Lipinski definition) is 1. The maximum Gasteiger partial charge on any atom is 0.164 e. The van der Waals surface area contributed by atoms with E-state index < -0.39 is 0 Å². The summed E-state index contributed by atoms with van der Waals surface area (Å²) in [5, 5.41) is 9.58. The highest BCUT2D eigenvalue weighted by Crippen LogP contribution is 2.20. The molecule has 4 heteroatoms. The van der Waals surface area contributed by atoms with E-state index in [1.807, 2.05) is 12.1 Å². The molecule has 0 aliphatic carbocycles. The quantitative estimate of drug-likeness (QED) is 0.772. The number of hydrogen-bond acceptors (Lipinski definition) is 4. The predicted octanol–water partition coefficient (Wildman–Crippen LogP) is 2.28. The van der Waals surface area contributed by atoms with E-state index in [0.717, 1.165) is 10.8 Å². The zero-order chi connectivity index (χ0) is 10.6. The first kappa shape index (κ1) is 10.9. The summed E-state index contributed by atoms with van der Waals surface area (Å²) in [6.07, 6.45) is 0. The first-order chi connectivity index (χ1) is 6.63. The molecule has 0 fully saturated rings. The smallest absolute Gasteiger partial charge is 0.164 e. The molecule has 0 saturated carbocycles. The van der Waals surface area contributed by atoms with E-state index in [1.165, 1.54) is 0 Å². The fraction of sp³-hybridized carbons (Fsp3) is 0.400. The fourth-order valence-electron chi connectivity index (χ4n) is 0.874. The zero-order valence-electron chi connectivity index (χ0n) is 8.32. The largest absolute Gasteiger partial charge is 0.396 e. The van der Waals surface area contributed by atoms with Crippen LogP contribution in [-0.2, 0) is 0 Å². The third-order valence-corrected chi connectivity index (χ3v) is 2.93. The van der Waals surface area contributed by atoms with Gasteiger partial charge >= 0.3 is 0 Å². The van der Waals surface area contributed by atoms with E-state index in [1.54, 1.807) is 17.8 Å². The first-order valence-electron chi connectivity index (χ1n) is 4.43. The van der Waals surface area contributed by atoms with Gasteiger partial charge < -0.3 is 5.73 Å². The molecule has 0 spiro atoms. The SMILES string of the molecule is CC(C)CSc1ccc(N)c(C#N)n1. The molecular weight excluding hydrogens is 194 g/mol. The van der Waals surface area contributed by atoms with E-state index in [4.69, 9.17) is 11.0 Å². The number of anilines is 1. The third kappa shape index (κ3) is 2.93. The molecule has 74 valence electrons. The molecule has 0 amide bonds. The van der Waals surface area contributed by atoms with Gasteiger partial charge in [-0.25, -0.2) is 4.98 Å². The van der Waals surface area contributed by atoms with Crippen LogP contribution in [0.1, 0.15) is 19.5 Å². The Morgan fingerprint density at radius 3 is 2.86 bits per heavy atom. The second kappa shape index (κ2) is 4.87. The van der Waals surface area contributed by atoms with Crippen molar-refractivity contribution in [3.63, 3.8) is 0 Å². The Balaban J connectivity index is 2.76. The van der Waals surface area contributed by atoms with Gasteiger partial charge in [0.1, 0.15) is 6.07 Å². The van der Waals surface area contributed by atoms with E-state index in [-0.39, 0.29) is 0 Å². The van der Waals surface area contributed by atoms with Crippen LogP contribution in [0.15, 0.2) is 17.2 Å². The molecule has 1 rings (SSSR count). The summed E-state index contributed by atoms with van der Waals surface area (Å²) in [6.45, 7) is 4.30. The molecule has 1 heterocycles. The van der Waals surface area contributed by atoms with E-state index in [2.05, 4.69) is 18.8 Å². The molecule has 0 unspecified atom stereocenters. The van der Waals surface area contributed by atoms with Gasteiger partial charge in [-0.15, -0.1) is 11.8 Å². The third-order valence-electron chi connectivity index (χ3n) is 1.57. The van der Waals surface area contributed by atoms with Crippen molar-refractivity contribution in [1.82, 2.24) is 4.98 Å². The van der Waals surface area contributed by atoms with Gasteiger partial charge in [0.2, 0.25) is 0 Å². The normalized spacial score (nSPS) is 10.1. The van der Waals surface area contributed by atoms with Crippen LogP contribution in [0.3, 0.4) is 0 Å². The average Bonchev–Trinajstić information content (AvgIpc) is 2.16. The standard InChI is InChI=1S/C10H13N3S/c1-7(2)6-14-10-4-3-8(12)9(5-11)13-10/h3-4,7H,6,12H2,1-2H3. The number of nitrogens with two attached hydrogens (primary N) is 1. The Morgan fingerprint density at radius 1 is 1.57 bits per heavy atom. The molecule has 1 aromatic rings. The molecule has 2 N–H and O–H groups in total. The predicted molar refractivity (Wildman–Crippen MR) is 58.9 cm³/mol. The Hall–Kier alpha value is -1.21. The molecular formula is C10H13N3S.